The summed E-state index contributed by atoms with van der Waals surface area (Å²) < 4.78 is 11.8. The van der Waals surface area contributed by atoms with Gasteiger partial charge in [0.25, 0.3) is 0 Å². The van der Waals surface area contributed by atoms with E-state index >= 15 is 0 Å². The molecule has 0 unspecified atom stereocenters. The average Bonchev–Trinajstić information content (AvgIpc) is 2.88. The van der Waals surface area contributed by atoms with E-state index in [4.69, 9.17) is 15.2 Å². The summed E-state index contributed by atoms with van der Waals surface area (Å²) in [5.41, 5.74) is 6.14. The molecule has 2 aromatic rings. The maximum atomic E-state index is 12.5. The standard InChI is InChI=1S/C19H26N4O4/c1-18(2,3)26-16(24)22-15-21-14(12-7-9-13(20)10-8-12)11-23(15)17(25)27-19(4,5)6/h7-11H,20H2,1-6H3,(H,21,22,24). The van der Waals surface area contributed by atoms with Gasteiger partial charge in [0.1, 0.15) is 11.2 Å². The van der Waals surface area contributed by atoms with Crippen molar-refractivity contribution in [1.29, 1.82) is 0 Å². The molecular formula is C19H26N4O4. The van der Waals surface area contributed by atoms with Crippen molar-refractivity contribution in [2.24, 2.45) is 0 Å². The van der Waals surface area contributed by atoms with Crippen molar-refractivity contribution in [3.63, 3.8) is 0 Å². The summed E-state index contributed by atoms with van der Waals surface area (Å²) in [5, 5.41) is 2.50. The first-order valence-electron chi connectivity index (χ1n) is 8.53. The summed E-state index contributed by atoms with van der Waals surface area (Å²) in [4.78, 5) is 29.0. The predicted octanol–water partition coefficient (Wildman–Crippen LogP) is 4.26. The smallest absolute Gasteiger partial charge is 0.421 e. The lowest BCUT2D eigenvalue weighted by Gasteiger charge is -2.21. The van der Waals surface area contributed by atoms with E-state index in [1.807, 2.05) is 0 Å². The van der Waals surface area contributed by atoms with Crippen LogP contribution in [0.2, 0.25) is 0 Å². The molecule has 0 atom stereocenters. The number of hydrogen-bond donors (Lipinski definition) is 2. The van der Waals surface area contributed by atoms with Crippen LogP contribution in [0.25, 0.3) is 11.3 Å². The number of nitrogens with one attached hydrogen (secondary N) is 1. The maximum Gasteiger partial charge on any atom is 0.421 e. The molecule has 0 aliphatic rings. The molecule has 0 aliphatic carbocycles. The summed E-state index contributed by atoms with van der Waals surface area (Å²) in [6.07, 6.45) is 0.108. The van der Waals surface area contributed by atoms with E-state index in [0.29, 0.717) is 11.4 Å². The van der Waals surface area contributed by atoms with Crippen LogP contribution in [0.3, 0.4) is 0 Å². The lowest BCUT2D eigenvalue weighted by molar-refractivity contribution is 0.0539. The third-order valence-electron chi connectivity index (χ3n) is 3.12. The Balaban J connectivity index is 2.38. The maximum absolute atomic E-state index is 12.5. The number of imidazole rings is 1. The summed E-state index contributed by atoms with van der Waals surface area (Å²) in [6, 6.07) is 6.99. The SMILES string of the molecule is CC(C)(C)OC(=O)Nc1nc(-c2ccc(N)cc2)cn1C(=O)OC(C)(C)C. The van der Waals surface area contributed by atoms with Gasteiger partial charge in [-0.05, 0) is 53.7 Å². The van der Waals surface area contributed by atoms with Crippen LogP contribution in [0.15, 0.2) is 30.5 Å². The summed E-state index contributed by atoms with van der Waals surface area (Å²) in [7, 11) is 0. The van der Waals surface area contributed by atoms with Crippen LogP contribution >= 0.6 is 0 Å². The first-order valence-corrected chi connectivity index (χ1v) is 8.53. The molecule has 146 valence electrons. The predicted molar refractivity (Wildman–Crippen MR) is 104 cm³/mol. The Hall–Kier alpha value is -3.03. The number of rotatable bonds is 2. The first-order chi connectivity index (χ1) is 12.3. The van der Waals surface area contributed by atoms with E-state index in [1.165, 1.54) is 6.20 Å². The number of hydrogen-bond acceptors (Lipinski definition) is 6. The zero-order valence-electron chi connectivity index (χ0n) is 16.5. The Morgan fingerprint density at radius 2 is 1.56 bits per heavy atom. The number of nitrogens with two attached hydrogens (primary N) is 1. The highest BCUT2D eigenvalue weighted by Gasteiger charge is 2.24. The second kappa shape index (κ2) is 7.30. The zero-order valence-corrected chi connectivity index (χ0v) is 16.5. The monoisotopic (exact) mass is 374 g/mol. The lowest BCUT2D eigenvalue weighted by Crippen LogP contribution is -2.30. The molecular weight excluding hydrogens is 348 g/mol. The summed E-state index contributed by atoms with van der Waals surface area (Å²) >= 11 is 0. The Morgan fingerprint density at radius 3 is 2.07 bits per heavy atom. The second-order valence-electron chi connectivity index (χ2n) is 8.05. The van der Waals surface area contributed by atoms with Crippen LogP contribution in [-0.2, 0) is 9.47 Å². The number of amides is 1. The van der Waals surface area contributed by atoms with E-state index in [9.17, 15) is 9.59 Å². The Bertz CT molecular complexity index is 827. The normalized spacial score (nSPS) is 11.8. The molecule has 1 amide bonds. The average molecular weight is 374 g/mol. The second-order valence-corrected chi connectivity index (χ2v) is 8.05. The summed E-state index contributed by atoms with van der Waals surface area (Å²) in [6.45, 7) is 10.5. The van der Waals surface area contributed by atoms with Crippen LogP contribution in [0.5, 0.6) is 0 Å². The van der Waals surface area contributed by atoms with Gasteiger partial charge in [0.15, 0.2) is 0 Å². The number of anilines is 2. The number of aromatic nitrogens is 2. The highest BCUT2D eigenvalue weighted by atomic mass is 16.6. The van der Waals surface area contributed by atoms with Gasteiger partial charge in [0.2, 0.25) is 5.95 Å². The number of carbonyl (C=O) groups is 2. The number of nitrogen functional groups attached to an aromatic ring is 1. The zero-order chi connectivity index (χ0) is 20.4. The van der Waals surface area contributed by atoms with Crippen molar-refractivity contribution in [2.75, 3.05) is 11.1 Å². The number of nitrogens with zero attached hydrogens (tertiary/aromatic N) is 2. The van der Waals surface area contributed by atoms with Gasteiger partial charge in [-0.1, -0.05) is 12.1 Å². The molecule has 3 N–H and O–H groups in total. The third kappa shape index (κ3) is 6.02. The molecule has 1 aromatic carbocycles. The molecule has 27 heavy (non-hydrogen) atoms. The van der Waals surface area contributed by atoms with Crippen LogP contribution in [-0.4, -0.2) is 32.9 Å². The Labute approximate surface area is 158 Å². The highest BCUT2D eigenvalue weighted by Crippen LogP contribution is 2.24. The molecule has 0 spiro atoms. The summed E-state index contributed by atoms with van der Waals surface area (Å²) in [5.74, 6) is 0.00493. The fourth-order valence-corrected chi connectivity index (χ4v) is 2.11. The molecule has 1 aromatic heterocycles. The number of ether oxygens (including phenoxy) is 2. The highest BCUT2D eigenvalue weighted by molar-refractivity contribution is 5.87. The Kier molecular flexibility index (Phi) is 5.48. The van der Waals surface area contributed by atoms with Gasteiger partial charge in [-0.2, -0.15) is 0 Å². The molecule has 0 saturated heterocycles. The van der Waals surface area contributed by atoms with Gasteiger partial charge < -0.3 is 15.2 Å². The van der Waals surface area contributed by atoms with Crippen molar-refractivity contribution < 1.29 is 19.1 Å². The van der Waals surface area contributed by atoms with E-state index in [1.54, 1.807) is 65.8 Å². The van der Waals surface area contributed by atoms with Crippen molar-refractivity contribution in [3.8, 4) is 11.3 Å². The van der Waals surface area contributed by atoms with Crippen LogP contribution in [0.4, 0.5) is 21.2 Å². The molecule has 8 heteroatoms. The molecule has 0 aliphatic heterocycles. The third-order valence-corrected chi connectivity index (χ3v) is 3.12. The fraction of sp³-hybridized carbons (Fsp3) is 0.421. The van der Waals surface area contributed by atoms with Gasteiger partial charge in [0, 0.05) is 17.4 Å². The van der Waals surface area contributed by atoms with Gasteiger partial charge in [-0.15, -0.1) is 0 Å². The lowest BCUT2D eigenvalue weighted by atomic mass is 10.1. The van der Waals surface area contributed by atoms with Gasteiger partial charge in [-0.25, -0.2) is 19.1 Å². The largest absolute Gasteiger partial charge is 0.444 e. The molecule has 8 nitrogen and oxygen atoms in total. The van der Waals surface area contributed by atoms with E-state index in [0.717, 1.165) is 10.1 Å². The van der Waals surface area contributed by atoms with Crippen molar-refractivity contribution in [3.05, 3.63) is 30.5 Å². The van der Waals surface area contributed by atoms with E-state index in [2.05, 4.69) is 10.3 Å². The van der Waals surface area contributed by atoms with Gasteiger partial charge in [-0.3, -0.25) is 5.32 Å². The molecule has 0 radical (unpaired) electrons. The first kappa shape index (κ1) is 20.3. The molecule has 0 bridgehead atoms. The van der Waals surface area contributed by atoms with Crippen molar-refractivity contribution in [1.82, 2.24) is 9.55 Å². The van der Waals surface area contributed by atoms with Crippen molar-refractivity contribution >= 4 is 23.8 Å². The molecule has 0 fully saturated rings. The molecule has 0 saturated carbocycles. The number of benzene rings is 1. The topological polar surface area (TPSA) is 108 Å². The molecule has 1 heterocycles. The van der Waals surface area contributed by atoms with Gasteiger partial charge in [0.05, 0.1) is 5.69 Å². The van der Waals surface area contributed by atoms with Crippen LogP contribution in [0.1, 0.15) is 41.5 Å². The van der Waals surface area contributed by atoms with Crippen LogP contribution in [0, 0.1) is 0 Å². The van der Waals surface area contributed by atoms with Gasteiger partial charge >= 0.3 is 12.2 Å². The van der Waals surface area contributed by atoms with E-state index < -0.39 is 23.4 Å². The van der Waals surface area contributed by atoms with E-state index in [-0.39, 0.29) is 5.95 Å². The minimum Gasteiger partial charge on any atom is -0.444 e. The number of carbonyl (C=O) groups excluding carboxylic acids is 2. The molecule has 2 rings (SSSR count). The Morgan fingerprint density at radius 1 is 1.00 bits per heavy atom. The minimum absolute atomic E-state index is 0.00493. The quantitative estimate of drug-likeness (QED) is 0.760. The van der Waals surface area contributed by atoms with Crippen molar-refractivity contribution in [2.45, 2.75) is 52.7 Å². The van der Waals surface area contributed by atoms with Crippen LogP contribution < -0.4 is 11.1 Å². The fourth-order valence-electron chi connectivity index (χ4n) is 2.11. The minimum atomic E-state index is -0.721.